The molecule has 0 saturated heterocycles. The van der Waals surface area contributed by atoms with Crippen LogP contribution in [0.4, 0.5) is 0 Å². The Balaban J connectivity index is 2.44. The predicted molar refractivity (Wildman–Crippen MR) is 92.6 cm³/mol. The Morgan fingerprint density at radius 2 is 1.80 bits per heavy atom. The molecule has 1 aromatic carbocycles. The quantitative estimate of drug-likeness (QED) is 0.560. The van der Waals surface area contributed by atoms with Crippen LogP contribution in [0.15, 0.2) is 22.7 Å². The zero-order chi connectivity index (χ0) is 18.7. The number of halogens is 2. The van der Waals surface area contributed by atoms with E-state index in [0.29, 0.717) is 15.2 Å². The summed E-state index contributed by atoms with van der Waals surface area (Å²) in [6, 6.07) is 8.67. The molecule has 9 heteroatoms. The molecule has 0 heterocycles. The Morgan fingerprint density at radius 1 is 1.16 bits per heavy atom. The van der Waals surface area contributed by atoms with Gasteiger partial charge in [-0.2, -0.15) is 10.5 Å². The van der Waals surface area contributed by atoms with Crippen molar-refractivity contribution in [2.45, 2.75) is 12.8 Å². The van der Waals surface area contributed by atoms with Gasteiger partial charge < -0.3 is 14.4 Å². The lowest BCUT2D eigenvalue weighted by molar-refractivity contribution is -0.153. The van der Waals surface area contributed by atoms with E-state index in [1.807, 2.05) is 12.1 Å². The summed E-state index contributed by atoms with van der Waals surface area (Å²) in [6.07, 6.45) is 0.275. The number of ether oxygens (including phenoxy) is 2. The number of nitrogens with zero attached hydrogens (tertiary/aromatic N) is 3. The van der Waals surface area contributed by atoms with Gasteiger partial charge in [0.05, 0.1) is 29.5 Å². The molecule has 1 aromatic rings. The molecule has 0 bridgehead atoms. The number of esters is 1. The molecule has 0 aliphatic carbocycles. The van der Waals surface area contributed by atoms with E-state index in [1.54, 1.807) is 18.2 Å². The van der Waals surface area contributed by atoms with Crippen LogP contribution in [0.2, 0.25) is 5.02 Å². The van der Waals surface area contributed by atoms with Crippen molar-refractivity contribution in [3.05, 3.63) is 27.7 Å². The largest absolute Gasteiger partial charge is 0.481 e. The van der Waals surface area contributed by atoms with Crippen molar-refractivity contribution < 1.29 is 19.1 Å². The number of nitriles is 2. The number of benzene rings is 1. The maximum atomic E-state index is 12.0. The predicted octanol–water partition coefficient (Wildman–Crippen LogP) is 2.68. The summed E-state index contributed by atoms with van der Waals surface area (Å²) in [7, 11) is 0. The highest BCUT2D eigenvalue weighted by Gasteiger charge is 2.16. The summed E-state index contributed by atoms with van der Waals surface area (Å²) in [5.74, 6) is -0.764. The average Bonchev–Trinajstić information content (AvgIpc) is 2.59. The lowest BCUT2D eigenvalue weighted by Crippen LogP contribution is -2.36. The molecule has 0 spiro atoms. The maximum Gasteiger partial charge on any atom is 0.344 e. The molecule has 0 radical (unpaired) electrons. The normalized spacial score (nSPS) is 9.60. The molecule has 0 aliphatic heterocycles. The minimum absolute atomic E-state index is 0.138. The van der Waals surface area contributed by atoms with Crippen molar-refractivity contribution in [2.24, 2.45) is 0 Å². The molecule has 0 atom stereocenters. The van der Waals surface area contributed by atoms with Crippen molar-refractivity contribution >= 4 is 39.4 Å². The van der Waals surface area contributed by atoms with Crippen LogP contribution in [0.25, 0.3) is 0 Å². The summed E-state index contributed by atoms with van der Waals surface area (Å²) in [5, 5.41) is 17.7. The SMILES string of the molecule is N#CCCN(CCC#N)C(=O)COC(=O)COc1ccc(Cl)cc1Br. The van der Waals surface area contributed by atoms with Gasteiger partial charge in [-0.05, 0) is 34.1 Å². The lowest BCUT2D eigenvalue weighted by atomic mass is 10.3. The molecule has 0 fully saturated rings. The fourth-order valence-electron chi connectivity index (χ4n) is 1.74. The first-order valence-corrected chi connectivity index (χ1v) is 8.40. The van der Waals surface area contributed by atoms with Gasteiger partial charge in [-0.15, -0.1) is 0 Å². The van der Waals surface area contributed by atoms with Gasteiger partial charge in [-0.25, -0.2) is 4.79 Å². The van der Waals surface area contributed by atoms with Crippen LogP contribution in [0.3, 0.4) is 0 Å². The molecule has 25 heavy (non-hydrogen) atoms. The van der Waals surface area contributed by atoms with Crippen LogP contribution in [0.5, 0.6) is 5.75 Å². The number of hydrogen-bond donors (Lipinski definition) is 0. The summed E-state index contributed by atoms with van der Waals surface area (Å²) < 4.78 is 10.7. The van der Waals surface area contributed by atoms with Crippen LogP contribution < -0.4 is 4.74 Å². The highest BCUT2D eigenvalue weighted by atomic mass is 79.9. The van der Waals surface area contributed by atoms with Gasteiger partial charge in [0.15, 0.2) is 13.2 Å². The van der Waals surface area contributed by atoms with E-state index >= 15 is 0 Å². The first kappa shape index (κ1) is 20.8. The third-order valence-electron chi connectivity index (χ3n) is 2.94. The lowest BCUT2D eigenvalue weighted by Gasteiger charge is -2.20. The smallest absolute Gasteiger partial charge is 0.344 e. The minimum Gasteiger partial charge on any atom is -0.481 e. The molecule has 0 N–H and O–H groups in total. The molecule has 0 aromatic heterocycles. The number of carbonyl (C=O) groups excluding carboxylic acids is 2. The zero-order valence-corrected chi connectivity index (χ0v) is 15.5. The molecule has 0 saturated carbocycles. The topological polar surface area (TPSA) is 103 Å². The molecule has 132 valence electrons. The monoisotopic (exact) mass is 427 g/mol. The average molecular weight is 429 g/mol. The van der Waals surface area contributed by atoms with E-state index in [0.717, 1.165) is 0 Å². The highest BCUT2D eigenvalue weighted by molar-refractivity contribution is 9.10. The number of hydrogen-bond acceptors (Lipinski definition) is 6. The van der Waals surface area contributed by atoms with Gasteiger partial charge in [0.25, 0.3) is 5.91 Å². The first-order valence-electron chi connectivity index (χ1n) is 7.23. The van der Waals surface area contributed by atoms with E-state index in [1.165, 1.54) is 4.90 Å². The van der Waals surface area contributed by atoms with Gasteiger partial charge in [0.1, 0.15) is 5.75 Å². The second-order valence-electron chi connectivity index (χ2n) is 4.72. The molecular formula is C16H15BrClN3O4. The number of carbonyl (C=O) groups is 2. The Hall–Kier alpha value is -2.29. The molecule has 0 aliphatic rings. The van der Waals surface area contributed by atoms with Crippen molar-refractivity contribution in [3.8, 4) is 17.9 Å². The Labute approximate surface area is 158 Å². The summed E-state index contributed by atoms with van der Waals surface area (Å²) in [6.45, 7) is -0.476. The fourth-order valence-corrected chi connectivity index (χ4v) is 2.53. The van der Waals surface area contributed by atoms with Crippen LogP contribution in [0, 0.1) is 22.7 Å². The molecule has 0 unspecified atom stereocenters. The molecular weight excluding hydrogens is 414 g/mol. The van der Waals surface area contributed by atoms with E-state index in [2.05, 4.69) is 15.9 Å². The Kier molecular flexibility index (Phi) is 9.38. The third kappa shape index (κ3) is 7.88. The highest BCUT2D eigenvalue weighted by Crippen LogP contribution is 2.27. The third-order valence-corrected chi connectivity index (χ3v) is 3.79. The van der Waals surface area contributed by atoms with Gasteiger partial charge >= 0.3 is 5.97 Å². The van der Waals surface area contributed by atoms with E-state index < -0.39 is 18.5 Å². The molecule has 7 nitrogen and oxygen atoms in total. The standard InChI is InChI=1S/C16H15BrClN3O4/c17-13-9-12(18)3-4-14(13)24-11-16(23)25-10-15(22)21(7-1-5-19)8-2-6-20/h3-4,9H,1-2,7-8,10-11H2. The van der Waals surface area contributed by atoms with Gasteiger partial charge in [-0.1, -0.05) is 11.6 Å². The zero-order valence-electron chi connectivity index (χ0n) is 13.2. The van der Waals surface area contributed by atoms with Gasteiger partial charge in [-0.3, -0.25) is 4.79 Å². The number of amides is 1. The second kappa shape index (κ2) is 11.3. The maximum absolute atomic E-state index is 12.0. The summed E-state index contributed by atoms with van der Waals surface area (Å²) in [5.41, 5.74) is 0. The summed E-state index contributed by atoms with van der Waals surface area (Å²) >= 11 is 9.06. The molecule has 1 rings (SSSR count). The van der Waals surface area contributed by atoms with Crippen LogP contribution >= 0.6 is 27.5 Å². The Morgan fingerprint density at radius 3 is 2.36 bits per heavy atom. The Bertz CT molecular complexity index is 682. The van der Waals surface area contributed by atoms with E-state index in [9.17, 15) is 9.59 Å². The number of rotatable bonds is 9. The van der Waals surface area contributed by atoms with Gasteiger partial charge in [0, 0.05) is 18.1 Å². The van der Waals surface area contributed by atoms with Crippen molar-refractivity contribution in [1.29, 1.82) is 10.5 Å². The first-order chi connectivity index (χ1) is 12.0. The molecule has 1 amide bonds. The van der Waals surface area contributed by atoms with Crippen molar-refractivity contribution in [2.75, 3.05) is 26.3 Å². The van der Waals surface area contributed by atoms with Crippen molar-refractivity contribution in [1.82, 2.24) is 4.90 Å². The van der Waals surface area contributed by atoms with E-state index in [4.69, 9.17) is 31.6 Å². The van der Waals surface area contributed by atoms with Crippen molar-refractivity contribution in [3.63, 3.8) is 0 Å². The van der Waals surface area contributed by atoms with Gasteiger partial charge in [0.2, 0.25) is 0 Å². The second-order valence-corrected chi connectivity index (χ2v) is 6.01. The van der Waals surface area contributed by atoms with Crippen LogP contribution in [0.1, 0.15) is 12.8 Å². The fraction of sp³-hybridized carbons (Fsp3) is 0.375. The van der Waals surface area contributed by atoms with E-state index in [-0.39, 0.29) is 32.5 Å². The van der Waals surface area contributed by atoms with Crippen LogP contribution in [-0.4, -0.2) is 43.1 Å². The van der Waals surface area contributed by atoms with Crippen LogP contribution in [-0.2, 0) is 14.3 Å². The minimum atomic E-state index is -0.712. The summed E-state index contributed by atoms with van der Waals surface area (Å²) in [4.78, 5) is 25.0.